The fraction of sp³-hybridized carbons (Fsp3) is 0.706. The number of rotatable bonds is 26. The summed E-state index contributed by atoms with van der Waals surface area (Å²) in [4.78, 5) is 202. The average Bonchev–Trinajstić information content (AvgIpc) is 1.54. The zero-order valence-corrected chi connectivity index (χ0v) is 59.4. The Morgan fingerprint density at radius 1 is 0.816 bits per heavy atom. The summed E-state index contributed by atoms with van der Waals surface area (Å²) in [5.74, 6) is -15.4. The number of aliphatic hydroxyl groups excluding tert-OH is 1. The van der Waals surface area contributed by atoms with Crippen LogP contribution in [0.4, 0.5) is 0 Å². The van der Waals surface area contributed by atoms with Crippen LogP contribution in [-0.4, -0.2) is 233 Å². The van der Waals surface area contributed by atoms with Gasteiger partial charge in [0.05, 0.1) is 37.6 Å². The maximum atomic E-state index is 15.3. The summed E-state index contributed by atoms with van der Waals surface area (Å²) in [7, 11) is 5.57. The molecule has 0 spiro atoms. The minimum absolute atomic E-state index is 0.00880. The molecule has 30 heteroatoms. The van der Waals surface area contributed by atoms with Crippen molar-refractivity contribution in [2.24, 2.45) is 35.3 Å². The monoisotopic (exact) mass is 1380 g/mol. The number of aliphatic carboxylic acids is 1. The molecule has 0 aromatic heterocycles. The Balaban J connectivity index is 1.81. The van der Waals surface area contributed by atoms with Gasteiger partial charge in [-0.1, -0.05) is 73.9 Å². The number of carboxylic acids is 1. The van der Waals surface area contributed by atoms with E-state index in [1.807, 2.05) is 13.8 Å². The number of Topliss-reactive ketones (excluding diaryl/α,β-unsaturated/α-hetero) is 1. The second-order valence-corrected chi connectivity index (χ2v) is 27.2. The number of fused-ring (bicyclic) bond motifs is 1. The van der Waals surface area contributed by atoms with Crippen molar-refractivity contribution in [1.82, 2.24) is 46.2 Å². The lowest BCUT2D eigenvalue weighted by Gasteiger charge is -2.36. The Kier molecular flexibility index (Phi) is 32.0. The molecule has 1 aromatic rings. The van der Waals surface area contributed by atoms with Crippen LogP contribution in [0, 0.1) is 29.6 Å². The lowest BCUT2D eigenvalue weighted by atomic mass is 9.91. The van der Waals surface area contributed by atoms with Crippen LogP contribution in [0.1, 0.15) is 159 Å². The Morgan fingerprint density at radius 2 is 1.45 bits per heavy atom. The number of likely N-dealkylation sites (N-methyl/N-ethyl adjacent to an activating group) is 3. The summed E-state index contributed by atoms with van der Waals surface area (Å²) >= 11 is 0. The molecule has 3 saturated heterocycles. The second-order valence-electron chi connectivity index (χ2n) is 27.2. The van der Waals surface area contributed by atoms with Gasteiger partial charge in [-0.2, -0.15) is 0 Å². The third kappa shape index (κ3) is 22.9. The first-order valence-electron chi connectivity index (χ1n) is 34.0. The molecule has 9 amide bonds. The number of ether oxygens (including phenoxy) is 4. The number of amides is 9. The van der Waals surface area contributed by atoms with Gasteiger partial charge in [-0.05, 0) is 121 Å². The van der Waals surface area contributed by atoms with Gasteiger partial charge in [0.1, 0.15) is 54.1 Å². The normalized spacial score (nSPS) is 25.1. The molecule has 0 unspecified atom stereocenters. The van der Waals surface area contributed by atoms with Crippen LogP contribution in [0.5, 0.6) is 5.75 Å². The first kappa shape index (κ1) is 82.1. The van der Waals surface area contributed by atoms with Crippen LogP contribution < -0.4 is 37.1 Å². The summed E-state index contributed by atoms with van der Waals surface area (Å²) in [5, 5.41) is 34.8. The van der Waals surface area contributed by atoms with E-state index in [0.29, 0.717) is 24.2 Å². The van der Waals surface area contributed by atoms with E-state index in [2.05, 4.69) is 26.6 Å². The Labute approximate surface area is 573 Å². The molecule has 98 heavy (non-hydrogen) atoms. The van der Waals surface area contributed by atoms with E-state index in [-0.39, 0.29) is 76.3 Å². The van der Waals surface area contributed by atoms with E-state index in [0.717, 1.165) is 9.80 Å². The van der Waals surface area contributed by atoms with Crippen molar-refractivity contribution in [2.45, 2.75) is 238 Å². The molecule has 1 aromatic carbocycles. The number of primary amides is 1. The number of carbonyl (C=O) groups excluding carboxylic acids is 13. The van der Waals surface area contributed by atoms with Crippen LogP contribution in [0.2, 0.25) is 0 Å². The largest absolute Gasteiger partial charge is 0.497 e. The molecule has 3 fully saturated rings. The number of hydrogen-bond acceptors (Lipinski definition) is 20. The van der Waals surface area contributed by atoms with Crippen molar-refractivity contribution in [2.75, 3.05) is 41.3 Å². The molecule has 3 aliphatic rings. The molecule has 0 bridgehead atoms. The van der Waals surface area contributed by atoms with Crippen molar-refractivity contribution >= 4 is 82.8 Å². The highest BCUT2D eigenvalue weighted by atomic mass is 16.6. The topological polar surface area (TPSA) is 415 Å². The molecule has 3 heterocycles. The molecule has 15 atom stereocenters. The van der Waals surface area contributed by atoms with Crippen molar-refractivity contribution in [3.8, 4) is 5.75 Å². The molecule has 4 rings (SSSR count). The van der Waals surface area contributed by atoms with Gasteiger partial charge >= 0.3 is 23.9 Å². The lowest BCUT2D eigenvalue weighted by molar-refractivity contribution is -0.163. The van der Waals surface area contributed by atoms with Crippen LogP contribution >= 0.6 is 0 Å². The van der Waals surface area contributed by atoms with Crippen LogP contribution in [0.15, 0.2) is 24.3 Å². The summed E-state index contributed by atoms with van der Waals surface area (Å²) in [5.41, 5.74) is 5.78. The highest BCUT2D eigenvalue weighted by Crippen LogP contribution is 2.28. The molecule has 548 valence electrons. The van der Waals surface area contributed by atoms with E-state index in [9.17, 15) is 58.2 Å². The van der Waals surface area contributed by atoms with Crippen LogP contribution in [0.3, 0.4) is 0 Å². The molecule has 0 radical (unpaired) electrons. The molecule has 0 saturated carbocycles. The van der Waals surface area contributed by atoms with Gasteiger partial charge in [-0.3, -0.25) is 57.5 Å². The smallest absolute Gasteiger partial charge is 0.329 e. The fourth-order valence-corrected chi connectivity index (χ4v) is 12.3. The number of esters is 3. The average molecular weight is 1380 g/mol. The number of cyclic esters (lactones) is 2. The SMILES string of the molecule is CC[C@H](C)[C@H]1NC(=O)[C@@H](NC(=O)[C@@H](CC(C)C)N(C)C(=O)[C@@H]2CCCN2C(=O)[C@H](C)OC(=O)[C@H](CCC(=O)O)NC(=O)[C@@H](CCC(N)=O)NC)[C@@H](C)OC(=O)[C@H](Cc2ccc(OC)cc2)N(C)C(=O)[C@@H]2CCCN2C(=O)[C@H](CC(C)C)NC(=O)[C@@H](C)C(=O)[C@H](C(C)C)OC(=O)C[C@@H]1O. The minimum atomic E-state index is -1.88. The summed E-state index contributed by atoms with van der Waals surface area (Å²) in [6, 6.07) is -5.69. The van der Waals surface area contributed by atoms with Gasteiger partial charge in [-0.15, -0.1) is 0 Å². The maximum Gasteiger partial charge on any atom is 0.329 e. The molecule has 3 aliphatic heterocycles. The molecular weight excluding hydrogens is 1280 g/mol. The van der Waals surface area contributed by atoms with Crippen molar-refractivity contribution in [1.29, 1.82) is 0 Å². The number of carbonyl (C=O) groups is 14. The quantitative estimate of drug-likeness (QED) is 0.0365. The third-order valence-corrected chi connectivity index (χ3v) is 18.4. The number of hydrogen-bond donors (Lipinski definition) is 8. The van der Waals surface area contributed by atoms with Crippen molar-refractivity contribution in [3.63, 3.8) is 0 Å². The predicted molar refractivity (Wildman–Crippen MR) is 354 cm³/mol. The number of methoxy groups -OCH3 is 1. The van der Waals surface area contributed by atoms with Crippen LogP contribution in [-0.2, 0) is 87.8 Å². The van der Waals surface area contributed by atoms with Crippen molar-refractivity contribution in [3.05, 3.63) is 29.8 Å². The number of nitrogens with two attached hydrogens (primary N) is 1. The van der Waals surface area contributed by atoms with Gasteiger partial charge < -0.3 is 81.1 Å². The van der Waals surface area contributed by atoms with Gasteiger partial charge in [0.15, 0.2) is 18.0 Å². The first-order valence-corrected chi connectivity index (χ1v) is 34.0. The number of benzene rings is 1. The van der Waals surface area contributed by atoms with Crippen LogP contribution in [0.25, 0.3) is 0 Å². The number of nitrogens with one attached hydrogen (secondary N) is 5. The zero-order valence-electron chi connectivity index (χ0n) is 59.4. The first-order chi connectivity index (χ1) is 46.0. The number of nitrogens with zero attached hydrogens (tertiary/aromatic N) is 4. The maximum absolute atomic E-state index is 15.3. The molecular formula is C68H106N10O20. The van der Waals surface area contributed by atoms with E-state index in [4.69, 9.17) is 24.7 Å². The third-order valence-electron chi connectivity index (χ3n) is 18.4. The minimum Gasteiger partial charge on any atom is -0.497 e. The van der Waals surface area contributed by atoms with E-state index >= 15 is 19.2 Å². The second kappa shape index (κ2) is 38.2. The fourth-order valence-electron chi connectivity index (χ4n) is 12.3. The van der Waals surface area contributed by atoms with E-state index < -0.39 is 199 Å². The molecule has 0 aliphatic carbocycles. The number of aliphatic hydroxyl groups is 1. The number of carboxylic acid groups (broad SMARTS) is 1. The molecule has 30 nitrogen and oxygen atoms in total. The highest BCUT2D eigenvalue weighted by molar-refractivity contribution is 6.05. The van der Waals surface area contributed by atoms with Gasteiger partial charge in [0.25, 0.3) is 5.91 Å². The van der Waals surface area contributed by atoms with Gasteiger partial charge in [0, 0.05) is 46.4 Å². The van der Waals surface area contributed by atoms with E-state index in [1.165, 1.54) is 58.8 Å². The molecule has 9 N–H and O–H groups in total. The number of ketones is 1. The Morgan fingerprint density at radius 3 is 2.02 bits per heavy atom. The van der Waals surface area contributed by atoms with Gasteiger partial charge in [0.2, 0.25) is 47.3 Å². The Bertz CT molecular complexity index is 3000. The van der Waals surface area contributed by atoms with E-state index in [1.54, 1.807) is 65.8 Å². The summed E-state index contributed by atoms with van der Waals surface area (Å²) in [6.45, 7) is 17.7. The zero-order chi connectivity index (χ0) is 73.7. The van der Waals surface area contributed by atoms with Gasteiger partial charge in [-0.25, -0.2) is 9.59 Å². The predicted octanol–water partition coefficient (Wildman–Crippen LogP) is 1.07. The lowest BCUT2D eigenvalue weighted by Crippen LogP contribution is -2.62. The standard InChI is InChI=1S/C68H106N10O20/c1-16-38(8)55-51(79)34-54(83)98-58(37(6)7)57(84)39(9)59(85)72-46(31-35(2)3)64(90)78-30-18-20-48(78)66(92)76(14)50(33-42-21-23-43(95-15)24-22-42)68(94)96-40(10)56(62(88)73-55)74-61(87)49(32-36(4)5)75(13)65(91)47-19-17-29-77(47)63(89)41(11)97-67(93)45(26-28-53(81)82)71-60(86)44(70-12)25-27-52(69)80/h21-24,35-41,44-51,55-56,58,70,79H,16-20,25-34H2,1-15H3,(H2,69,80)(H,71,86)(H,72,85)(H,73,88)(H,74,87)(H,81,82)/t38-,39-,40+,41-,44+,45-,46-,47-,48-,49+,50-,51-,55+,56-,58-/m0/s1. The summed E-state index contributed by atoms with van der Waals surface area (Å²) in [6.07, 6.45) is -7.54. The Hall–Kier alpha value is -8.28. The summed E-state index contributed by atoms with van der Waals surface area (Å²) < 4.78 is 22.8. The highest BCUT2D eigenvalue weighted by Gasteiger charge is 2.47. The number of likely N-dealkylation sites (tertiary alicyclic amines) is 1. The van der Waals surface area contributed by atoms with Crippen molar-refractivity contribution < 1.29 is 96.3 Å².